The van der Waals surface area contributed by atoms with Gasteiger partial charge in [0.1, 0.15) is 0 Å². The van der Waals surface area contributed by atoms with E-state index in [4.69, 9.17) is 0 Å². The highest BCUT2D eigenvalue weighted by molar-refractivity contribution is 7.99. The summed E-state index contributed by atoms with van der Waals surface area (Å²) < 4.78 is 1.92. The molecule has 3 rings (SSSR count). The van der Waals surface area contributed by atoms with Crippen molar-refractivity contribution in [1.29, 1.82) is 0 Å². The summed E-state index contributed by atoms with van der Waals surface area (Å²) in [5.41, 5.74) is 3.31. The van der Waals surface area contributed by atoms with Gasteiger partial charge < -0.3 is 9.88 Å². The summed E-state index contributed by atoms with van der Waals surface area (Å²) in [4.78, 5) is 12.2. The van der Waals surface area contributed by atoms with Crippen molar-refractivity contribution in [2.24, 2.45) is 7.05 Å². The molecular formula is C20H22N4OS. The van der Waals surface area contributed by atoms with Crippen molar-refractivity contribution in [3.8, 4) is 11.4 Å². The lowest BCUT2D eigenvalue weighted by Gasteiger charge is -2.14. The van der Waals surface area contributed by atoms with Gasteiger partial charge in [-0.3, -0.25) is 4.79 Å². The van der Waals surface area contributed by atoms with Crippen LogP contribution in [0.2, 0.25) is 0 Å². The molecule has 1 heterocycles. The van der Waals surface area contributed by atoms with Gasteiger partial charge in [-0.1, -0.05) is 71.9 Å². The first-order valence-corrected chi connectivity index (χ1v) is 9.46. The Morgan fingerprint density at radius 2 is 1.81 bits per heavy atom. The van der Waals surface area contributed by atoms with Gasteiger partial charge in [-0.25, -0.2) is 0 Å². The lowest BCUT2D eigenvalue weighted by molar-refractivity contribution is -0.119. The minimum atomic E-state index is -0.0220. The molecular weight excluding hydrogens is 344 g/mol. The van der Waals surface area contributed by atoms with Crippen LogP contribution in [0.25, 0.3) is 11.4 Å². The first-order valence-electron chi connectivity index (χ1n) is 8.48. The number of rotatable bonds is 6. The standard InChI is InChI=1S/C20H22N4OS/c1-14-9-11-17(12-10-14)19-22-23-20(24(19)3)26-13-18(25)21-15(2)16-7-5-4-6-8-16/h4-12,15H,13H2,1-3H3,(H,21,25)/t15-/m1/s1. The fraction of sp³-hybridized carbons (Fsp3) is 0.250. The Bertz CT molecular complexity index is 875. The highest BCUT2D eigenvalue weighted by atomic mass is 32.2. The molecule has 1 aromatic heterocycles. The molecule has 1 amide bonds. The Kier molecular flexibility index (Phi) is 5.73. The van der Waals surface area contributed by atoms with E-state index in [9.17, 15) is 4.79 Å². The summed E-state index contributed by atoms with van der Waals surface area (Å²) in [6.07, 6.45) is 0. The Labute approximate surface area is 157 Å². The second kappa shape index (κ2) is 8.19. The van der Waals surface area contributed by atoms with Crippen molar-refractivity contribution in [3.63, 3.8) is 0 Å². The molecule has 1 atom stereocenters. The minimum Gasteiger partial charge on any atom is -0.349 e. The summed E-state index contributed by atoms with van der Waals surface area (Å²) in [6, 6.07) is 18.1. The molecule has 0 aliphatic rings. The normalized spacial score (nSPS) is 12.0. The quantitative estimate of drug-likeness (QED) is 0.675. The van der Waals surface area contributed by atoms with Crippen LogP contribution in [0.1, 0.15) is 24.1 Å². The van der Waals surface area contributed by atoms with Gasteiger partial charge in [-0.2, -0.15) is 0 Å². The van der Waals surface area contributed by atoms with E-state index in [0.29, 0.717) is 5.75 Å². The molecule has 0 aliphatic carbocycles. The zero-order valence-electron chi connectivity index (χ0n) is 15.1. The molecule has 2 aromatic carbocycles. The van der Waals surface area contributed by atoms with E-state index < -0.39 is 0 Å². The summed E-state index contributed by atoms with van der Waals surface area (Å²) in [5, 5.41) is 12.2. The SMILES string of the molecule is Cc1ccc(-c2nnc(SCC(=O)N[C@H](C)c3ccccc3)n2C)cc1. The number of aromatic nitrogens is 3. The van der Waals surface area contributed by atoms with Gasteiger partial charge in [0, 0.05) is 12.6 Å². The second-order valence-corrected chi connectivity index (χ2v) is 7.16. The molecule has 134 valence electrons. The average molecular weight is 366 g/mol. The third-order valence-corrected chi connectivity index (χ3v) is 5.17. The Morgan fingerprint density at radius 1 is 1.12 bits per heavy atom. The van der Waals surface area contributed by atoms with Crippen LogP contribution in [-0.2, 0) is 11.8 Å². The second-order valence-electron chi connectivity index (χ2n) is 6.22. The molecule has 0 saturated heterocycles. The molecule has 0 radical (unpaired) electrons. The van der Waals surface area contributed by atoms with Crippen molar-refractivity contribution in [3.05, 3.63) is 65.7 Å². The van der Waals surface area contributed by atoms with E-state index in [1.165, 1.54) is 17.3 Å². The zero-order valence-corrected chi connectivity index (χ0v) is 16.0. The maximum atomic E-state index is 12.2. The largest absolute Gasteiger partial charge is 0.349 e. The minimum absolute atomic E-state index is 0.0214. The maximum absolute atomic E-state index is 12.2. The first kappa shape index (κ1) is 18.2. The van der Waals surface area contributed by atoms with Crippen LogP contribution >= 0.6 is 11.8 Å². The number of carbonyl (C=O) groups excluding carboxylic acids is 1. The number of nitrogens with zero attached hydrogens (tertiary/aromatic N) is 3. The number of hydrogen-bond donors (Lipinski definition) is 1. The van der Waals surface area contributed by atoms with Crippen molar-refractivity contribution in [2.75, 3.05) is 5.75 Å². The van der Waals surface area contributed by atoms with Crippen LogP contribution in [-0.4, -0.2) is 26.4 Å². The van der Waals surface area contributed by atoms with Crippen LogP contribution in [0, 0.1) is 6.92 Å². The molecule has 0 saturated carbocycles. The van der Waals surface area contributed by atoms with E-state index in [2.05, 4.69) is 34.6 Å². The summed E-state index contributed by atoms with van der Waals surface area (Å²) >= 11 is 1.39. The highest BCUT2D eigenvalue weighted by Crippen LogP contribution is 2.23. The summed E-state index contributed by atoms with van der Waals surface area (Å²) in [7, 11) is 1.92. The van der Waals surface area contributed by atoms with Gasteiger partial charge in [0.15, 0.2) is 11.0 Å². The van der Waals surface area contributed by atoms with Crippen molar-refractivity contribution in [2.45, 2.75) is 25.0 Å². The summed E-state index contributed by atoms with van der Waals surface area (Å²) in [5.74, 6) is 1.08. The van der Waals surface area contributed by atoms with Crippen molar-refractivity contribution >= 4 is 17.7 Å². The highest BCUT2D eigenvalue weighted by Gasteiger charge is 2.14. The number of amides is 1. The Hall–Kier alpha value is -2.60. The number of thioether (sulfide) groups is 1. The van der Waals surface area contributed by atoms with Gasteiger partial charge in [-0.15, -0.1) is 10.2 Å². The van der Waals surface area contributed by atoms with Crippen LogP contribution < -0.4 is 5.32 Å². The molecule has 5 nitrogen and oxygen atoms in total. The van der Waals surface area contributed by atoms with E-state index in [-0.39, 0.29) is 11.9 Å². The Morgan fingerprint density at radius 3 is 2.50 bits per heavy atom. The van der Waals surface area contributed by atoms with Crippen LogP contribution in [0.5, 0.6) is 0 Å². The smallest absolute Gasteiger partial charge is 0.230 e. The van der Waals surface area contributed by atoms with Gasteiger partial charge in [0.05, 0.1) is 11.8 Å². The number of carbonyl (C=O) groups is 1. The predicted molar refractivity (Wildman–Crippen MR) is 105 cm³/mol. The topological polar surface area (TPSA) is 59.8 Å². The predicted octanol–water partition coefficient (Wildman–Crippen LogP) is 3.76. The molecule has 3 aromatic rings. The van der Waals surface area contributed by atoms with Crippen LogP contribution in [0.15, 0.2) is 59.8 Å². The van der Waals surface area contributed by atoms with E-state index in [0.717, 1.165) is 22.1 Å². The molecule has 26 heavy (non-hydrogen) atoms. The van der Waals surface area contributed by atoms with Gasteiger partial charge >= 0.3 is 0 Å². The number of benzene rings is 2. The maximum Gasteiger partial charge on any atom is 0.230 e. The third-order valence-electron chi connectivity index (χ3n) is 4.15. The summed E-state index contributed by atoms with van der Waals surface area (Å²) in [6.45, 7) is 4.03. The van der Waals surface area contributed by atoms with Crippen LogP contribution in [0.4, 0.5) is 0 Å². The third kappa shape index (κ3) is 4.32. The number of hydrogen-bond acceptors (Lipinski definition) is 4. The number of nitrogens with one attached hydrogen (secondary N) is 1. The Balaban J connectivity index is 1.60. The molecule has 0 unspecified atom stereocenters. The number of aryl methyl sites for hydroxylation is 1. The molecule has 0 bridgehead atoms. The van der Waals surface area contributed by atoms with Gasteiger partial charge in [0.2, 0.25) is 5.91 Å². The molecule has 0 spiro atoms. The molecule has 0 aliphatic heterocycles. The lowest BCUT2D eigenvalue weighted by atomic mass is 10.1. The zero-order chi connectivity index (χ0) is 18.5. The monoisotopic (exact) mass is 366 g/mol. The van der Waals surface area contributed by atoms with Gasteiger partial charge in [-0.05, 0) is 19.4 Å². The van der Waals surface area contributed by atoms with E-state index >= 15 is 0 Å². The fourth-order valence-corrected chi connectivity index (χ4v) is 3.36. The van der Waals surface area contributed by atoms with Gasteiger partial charge in [0.25, 0.3) is 0 Å². The first-order chi connectivity index (χ1) is 12.5. The average Bonchev–Trinajstić information content (AvgIpc) is 3.02. The van der Waals surface area contributed by atoms with Crippen LogP contribution in [0.3, 0.4) is 0 Å². The fourth-order valence-electron chi connectivity index (χ4n) is 2.63. The van der Waals surface area contributed by atoms with E-state index in [1.807, 2.05) is 61.0 Å². The molecule has 6 heteroatoms. The molecule has 0 fully saturated rings. The molecule has 1 N–H and O–H groups in total. The van der Waals surface area contributed by atoms with Crippen molar-refractivity contribution < 1.29 is 4.79 Å². The van der Waals surface area contributed by atoms with Crippen molar-refractivity contribution in [1.82, 2.24) is 20.1 Å². The van der Waals surface area contributed by atoms with E-state index in [1.54, 1.807) is 0 Å². The lowest BCUT2D eigenvalue weighted by Crippen LogP contribution is -2.28.